The van der Waals surface area contributed by atoms with Crippen molar-refractivity contribution in [3.8, 4) is 0 Å². The van der Waals surface area contributed by atoms with Crippen LogP contribution in [0.3, 0.4) is 0 Å². The Labute approximate surface area is 129 Å². The molecule has 2 aliphatic rings. The molecule has 1 heterocycles. The van der Waals surface area contributed by atoms with Gasteiger partial charge in [0.05, 0.1) is 5.69 Å². The number of nitrogens with zero attached hydrogens (tertiary/aromatic N) is 1. The molecule has 1 unspecified atom stereocenters. The number of carbonyl (C=O) groups is 2. The van der Waals surface area contributed by atoms with Gasteiger partial charge < -0.3 is 5.32 Å². The minimum atomic E-state index is -0.827. The summed E-state index contributed by atoms with van der Waals surface area (Å²) in [5, 5.41) is 2.83. The second-order valence-corrected chi connectivity index (χ2v) is 6.67. The third-order valence-electron chi connectivity index (χ3n) is 3.98. The molecule has 3 rings (SSSR count). The first-order valence-corrected chi connectivity index (χ1v) is 7.58. The zero-order chi connectivity index (χ0) is 14.5. The van der Waals surface area contributed by atoms with Crippen molar-refractivity contribution in [1.82, 2.24) is 5.32 Å². The lowest BCUT2D eigenvalue weighted by Gasteiger charge is -2.40. The van der Waals surface area contributed by atoms with Crippen LogP contribution in [0.2, 0.25) is 0 Å². The molecule has 20 heavy (non-hydrogen) atoms. The Morgan fingerprint density at radius 1 is 1.40 bits per heavy atom. The molecule has 1 saturated heterocycles. The second kappa shape index (κ2) is 4.68. The molecule has 1 aromatic carbocycles. The van der Waals surface area contributed by atoms with E-state index in [0.717, 1.165) is 12.8 Å². The van der Waals surface area contributed by atoms with Gasteiger partial charge in [-0.3, -0.25) is 14.5 Å². The number of hydrogen-bond acceptors (Lipinski definition) is 2. The van der Waals surface area contributed by atoms with Gasteiger partial charge in [-0.1, -0.05) is 0 Å². The average Bonchev–Trinajstić information content (AvgIpc) is 3.18. The molecule has 0 aromatic heterocycles. The number of carbonyl (C=O) groups excluding carboxylic acids is 2. The fraction of sp³-hybridized carbons (Fsp3) is 0.429. The number of anilines is 1. The molecule has 1 atom stereocenters. The normalized spacial score (nSPS) is 26.6. The molecule has 106 valence electrons. The third-order valence-corrected chi connectivity index (χ3v) is 4.85. The summed E-state index contributed by atoms with van der Waals surface area (Å²) >= 11 is 1.98. The Kier molecular flexibility index (Phi) is 3.23. The summed E-state index contributed by atoms with van der Waals surface area (Å²) in [5.74, 6) is -0.417. The monoisotopic (exact) mass is 388 g/mol. The van der Waals surface area contributed by atoms with Crippen LogP contribution in [0.1, 0.15) is 19.8 Å². The van der Waals surface area contributed by atoms with E-state index in [4.69, 9.17) is 0 Å². The third kappa shape index (κ3) is 2.19. The molecule has 0 bridgehead atoms. The van der Waals surface area contributed by atoms with E-state index < -0.39 is 5.54 Å². The van der Waals surface area contributed by atoms with E-state index in [0.29, 0.717) is 9.26 Å². The van der Waals surface area contributed by atoms with Crippen molar-refractivity contribution in [2.75, 3.05) is 11.4 Å². The number of halogens is 2. The molecule has 4 nitrogen and oxygen atoms in total. The number of benzene rings is 1. The maximum absolute atomic E-state index is 13.2. The van der Waals surface area contributed by atoms with Crippen molar-refractivity contribution in [3.05, 3.63) is 27.6 Å². The first-order valence-electron chi connectivity index (χ1n) is 6.50. The Morgan fingerprint density at radius 2 is 2.10 bits per heavy atom. The van der Waals surface area contributed by atoms with Gasteiger partial charge in [0.25, 0.3) is 5.91 Å². The lowest BCUT2D eigenvalue weighted by molar-refractivity contribution is -0.136. The maximum atomic E-state index is 13.2. The van der Waals surface area contributed by atoms with E-state index in [1.807, 2.05) is 22.6 Å². The van der Waals surface area contributed by atoms with Gasteiger partial charge in [-0.25, -0.2) is 4.39 Å². The molecule has 1 aliphatic carbocycles. The minimum Gasteiger partial charge on any atom is -0.340 e. The van der Waals surface area contributed by atoms with Crippen LogP contribution in [0.4, 0.5) is 10.1 Å². The van der Waals surface area contributed by atoms with Gasteiger partial charge in [0.1, 0.15) is 17.9 Å². The Morgan fingerprint density at radius 3 is 2.70 bits per heavy atom. The topological polar surface area (TPSA) is 49.4 Å². The maximum Gasteiger partial charge on any atom is 0.253 e. The highest BCUT2D eigenvalue weighted by atomic mass is 127. The van der Waals surface area contributed by atoms with Crippen LogP contribution < -0.4 is 10.2 Å². The van der Waals surface area contributed by atoms with Crippen molar-refractivity contribution in [2.45, 2.75) is 25.3 Å². The summed E-state index contributed by atoms with van der Waals surface area (Å²) < 4.78 is 13.8. The first kappa shape index (κ1) is 13.8. The standard InChI is InChI=1S/C14H14FIN2O2/c1-14(8-2-3-8)13(20)18(7-12(19)17-14)11-5-4-9(15)6-10(11)16/h4-6,8H,2-3,7H2,1H3,(H,17,19). The number of rotatable bonds is 2. The summed E-state index contributed by atoms with van der Waals surface area (Å²) in [4.78, 5) is 26.1. The van der Waals surface area contributed by atoms with Crippen molar-refractivity contribution >= 4 is 40.1 Å². The van der Waals surface area contributed by atoms with E-state index in [1.54, 1.807) is 13.0 Å². The average molecular weight is 388 g/mol. The van der Waals surface area contributed by atoms with Gasteiger partial charge in [-0.05, 0) is 66.5 Å². The van der Waals surface area contributed by atoms with Crippen molar-refractivity contribution in [1.29, 1.82) is 0 Å². The highest BCUT2D eigenvalue weighted by molar-refractivity contribution is 14.1. The highest BCUT2D eigenvalue weighted by Crippen LogP contribution is 2.42. The molecule has 1 N–H and O–H groups in total. The number of nitrogens with one attached hydrogen (secondary N) is 1. The van der Waals surface area contributed by atoms with Gasteiger partial charge in [-0.15, -0.1) is 0 Å². The van der Waals surface area contributed by atoms with E-state index in [1.165, 1.54) is 17.0 Å². The summed E-state index contributed by atoms with van der Waals surface area (Å²) in [6, 6.07) is 4.23. The van der Waals surface area contributed by atoms with Gasteiger partial charge in [0, 0.05) is 3.57 Å². The van der Waals surface area contributed by atoms with Gasteiger partial charge in [0.15, 0.2) is 0 Å². The van der Waals surface area contributed by atoms with Crippen molar-refractivity contribution in [3.63, 3.8) is 0 Å². The highest BCUT2D eigenvalue weighted by Gasteiger charge is 2.53. The molecule has 0 radical (unpaired) electrons. The Balaban J connectivity index is 1.99. The van der Waals surface area contributed by atoms with Crippen molar-refractivity contribution < 1.29 is 14.0 Å². The van der Waals surface area contributed by atoms with E-state index in [2.05, 4.69) is 5.32 Å². The summed E-state index contributed by atoms with van der Waals surface area (Å²) in [6.07, 6.45) is 1.91. The van der Waals surface area contributed by atoms with Gasteiger partial charge >= 0.3 is 0 Å². The molecule has 1 aliphatic heterocycles. The fourth-order valence-corrected chi connectivity index (χ4v) is 3.48. The molecular formula is C14H14FIN2O2. The van der Waals surface area contributed by atoms with Gasteiger partial charge in [-0.2, -0.15) is 0 Å². The number of hydrogen-bond donors (Lipinski definition) is 1. The summed E-state index contributed by atoms with van der Waals surface area (Å²) in [5.41, 5.74) is -0.231. The van der Waals surface area contributed by atoms with E-state index in [9.17, 15) is 14.0 Å². The zero-order valence-electron chi connectivity index (χ0n) is 11.0. The Bertz CT molecular complexity index is 603. The summed E-state index contributed by atoms with van der Waals surface area (Å²) in [7, 11) is 0. The second-order valence-electron chi connectivity index (χ2n) is 5.51. The van der Waals surface area contributed by atoms with Crippen molar-refractivity contribution in [2.24, 2.45) is 5.92 Å². The molecule has 1 saturated carbocycles. The summed E-state index contributed by atoms with van der Waals surface area (Å²) in [6.45, 7) is 1.77. The molecule has 6 heteroatoms. The molecule has 2 amide bonds. The zero-order valence-corrected chi connectivity index (χ0v) is 13.1. The van der Waals surface area contributed by atoms with Crippen LogP contribution in [0.25, 0.3) is 0 Å². The van der Waals surface area contributed by atoms with E-state index in [-0.39, 0.29) is 30.1 Å². The SMILES string of the molecule is CC1(C2CC2)NC(=O)CN(c2ccc(F)cc2I)C1=O. The van der Waals surface area contributed by atoms with Crippen LogP contribution in [-0.2, 0) is 9.59 Å². The predicted octanol–water partition coefficient (Wildman–Crippen LogP) is 2.06. The van der Waals surface area contributed by atoms with Crippen LogP contribution in [0.15, 0.2) is 18.2 Å². The molecular weight excluding hydrogens is 374 g/mol. The lowest BCUT2D eigenvalue weighted by Crippen LogP contribution is -2.66. The number of amides is 2. The number of piperazine rings is 1. The quantitative estimate of drug-likeness (QED) is 0.789. The van der Waals surface area contributed by atoms with Gasteiger partial charge in [0.2, 0.25) is 5.91 Å². The minimum absolute atomic E-state index is 0.0111. The van der Waals surface area contributed by atoms with E-state index >= 15 is 0 Å². The molecule has 1 aromatic rings. The molecule has 2 fully saturated rings. The Hall–Kier alpha value is -1.18. The van der Waals surface area contributed by atoms with Crippen LogP contribution in [0, 0.1) is 15.3 Å². The molecule has 0 spiro atoms. The first-order chi connectivity index (χ1) is 9.41. The van der Waals surface area contributed by atoms with Crippen LogP contribution in [-0.4, -0.2) is 23.9 Å². The largest absolute Gasteiger partial charge is 0.340 e. The lowest BCUT2D eigenvalue weighted by atomic mass is 9.91. The smallest absolute Gasteiger partial charge is 0.253 e. The fourth-order valence-electron chi connectivity index (χ4n) is 2.71. The van der Waals surface area contributed by atoms with Crippen LogP contribution >= 0.6 is 22.6 Å². The van der Waals surface area contributed by atoms with Crippen LogP contribution in [0.5, 0.6) is 0 Å². The predicted molar refractivity (Wildman–Crippen MR) is 80.7 cm³/mol.